The predicted molar refractivity (Wildman–Crippen MR) is 126 cm³/mol. The van der Waals surface area contributed by atoms with E-state index in [4.69, 9.17) is 5.26 Å². The Labute approximate surface area is 268 Å². The molecule has 0 saturated carbocycles. The quantitative estimate of drug-likeness (QED) is 0.0472. The normalized spacial score (nSPS) is 15.2. The zero-order chi connectivity index (χ0) is 36.6. The Morgan fingerprint density at radius 2 is 0.314 bits per heavy atom. The van der Waals surface area contributed by atoms with Crippen molar-refractivity contribution in [3.05, 3.63) is 0 Å². The maximum atomic E-state index is 8.00. The van der Waals surface area contributed by atoms with Crippen LogP contribution in [0.4, 0.5) is 0 Å². The van der Waals surface area contributed by atoms with Gasteiger partial charge < -0.3 is 5.84 Å². The lowest BCUT2D eigenvalue weighted by Gasteiger charge is -1.70. The molecule has 0 aromatic carbocycles. The van der Waals surface area contributed by atoms with Crippen LogP contribution in [0.3, 0.4) is 0 Å². The minimum atomic E-state index is 1.31. The minimum Gasteiger partial charge on any atom is -0.303 e. The van der Waals surface area contributed by atoms with E-state index in [1.165, 1.54) is 6.19 Å². The zero-order valence-electron chi connectivity index (χ0n) is 23.0. The largest absolute Gasteiger partial charge is 0.303 e. The molecule has 0 aromatic rings. The summed E-state index contributed by atoms with van der Waals surface area (Å²) in [5, 5.41) is 151. The molecule has 256 valence electrons. The molecule has 0 aliphatic carbocycles. The van der Waals surface area contributed by atoms with Crippen LogP contribution in [0.15, 0.2) is 251 Å². The van der Waals surface area contributed by atoms with E-state index in [1.54, 1.807) is 0 Å². The van der Waals surface area contributed by atoms with Crippen LogP contribution in [0, 0.1) is 11.5 Å². The monoisotopic (exact) mass is 714 g/mol. The Bertz CT molecular complexity index is 1660. The summed E-state index contributed by atoms with van der Waals surface area (Å²) in [4.78, 5) is 0. The number of nitrogens with two attached hydrogens (primary N) is 1. The molecule has 0 amide bonds. The number of nitriles is 1. The molecule has 0 aliphatic rings. The van der Waals surface area contributed by atoms with Crippen LogP contribution in [0.25, 0.3) is 0 Å². The van der Waals surface area contributed by atoms with Crippen LogP contribution in [-0.4, -0.2) is 0 Å². The zero-order valence-corrected chi connectivity index (χ0v) is 23.0. The molecule has 0 fully saturated rings. The van der Waals surface area contributed by atoms with Crippen molar-refractivity contribution in [1.82, 2.24) is 0 Å². The van der Waals surface area contributed by atoms with E-state index in [2.05, 4.69) is 256 Å². The highest BCUT2D eigenvalue weighted by Gasteiger charge is 1.75. The van der Waals surface area contributed by atoms with Gasteiger partial charge in [0.25, 0.3) is 0 Å². The molecular formula is CH2N50. The molecule has 2 N–H and O–H groups in total. The van der Waals surface area contributed by atoms with Crippen molar-refractivity contribution in [2.24, 2.45) is 256 Å². The highest BCUT2D eigenvalue weighted by Crippen LogP contribution is 1.93. The van der Waals surface area contributed by atoms with E-state index < -0.39 is 0 Å². The summed E-state index contributed by atoms with van der Waals surface area (Å²) < 4.78 is 0. The Kier molecular flexibility index (Phi) is 31.7. The molecule has 0 aliphatic heterocycles. The van der Waals surface area contributed by atoms with E-state index in [0.29, 0.717) is 0 Å². The summed E-state index contributed by atoms with van der Waals surface area (Å²) in [6.07, 6.45) is 1.31. The topological polar surface area (TPSA) is 643 Å². The van der Waals surface area contributed by atoms with E-state index >= 15 is 0 Å². The second-order valence-electron chi connectivity index (χ2n) is 4.43. The number of hydrogen-bond acceptors (Lipinski definition) is 3. The summed E-state index contributed by atoms with van der Waals surface area (Å²) in [6, 6.07) is 0. The first-order valence-corrected chi connectivity index (χ1v) is 10.1. The Morgan fingerprint density at radius 3 is 0.431 bits per heavy atom. The van der Waals surface area contributed by atoms with Gasteiger partial charge in [-0.1, -0.05) is 5.22 Å². The van der Waals surface area contributed by atoms with E-state index in [1.807, 2.05) is 0 Å². The van der Waals surface area contributed by atoms with Gasteiger partial charge in [0.05, 0.1) is 0 Å². The van der Waals surface area contributed by atoms with Gasteiger partial charge in [0, 0.05) is 162 Å². The lowest BCUT2D eigenvalue weighted by atomic mass is 11.5. The fourth-order valence-electron chi connectivity index (χ4n) is 0.850. The molecule has 0 rings (SSSR count). The Hall–Kier alpha value is -10.3. The second kappa shape index (κ2) is 39.7. The Morgan fingerprint density at radius 1 is 0.196 bits per heavy atom. The van der Waals surface area contributed by atoms with Crippen LogP contribution in [-0.2, 0) is 0 Å². The van der Waals surface area contributed by atoms with Gasteiger partial charge in [-0.2, -0.15) is 5.26 Å². The van der Waals surface area contributed by atoms with Crippen LogP contribution in [0.1, 0.15) is 0 Å². The van der Waals surface area contributed by atoms with Crippen molar-refractivity contribution in [3.63, 3.8) is 0 Å². The van der Waals surface area contributed by atoms with Crippen LogP contribution in [0.5, 0.6) is 0 Å². The van der Waals surface area contributed by atoms with Crippen molar-refractivity contribution >= 4 is 0 Å². The van der Waals surface area contributed by atoms with Crippen molar-refractivity contribution in [3.8, 4) is 6.19 Å². The molecule has 51 heavy (non-hydrogen) atoms. The van der Waals surface area contributed by atoms with Crippen LogP contribution >= 0.6 is 0 Å². The number of nitrogens with zero attached hydrogens (tertiary/aromatic N) is 49. The summed E-state index contributed by atoms with van der Waals surface area (Å²) >= 11 is 0. The third-order valence-corrected chi connectivity index (χ3v) is 1.94. The van der Waals surface area contributed by atoms with Gasteiger partial charge in [-0.3, -0.25) is 0 Å². The minimum absolute atomic E-state index is 1.31. The van der Waals surface area contributed by atoms with E-state index in [-0.39, 0.29) is 0 Å². The first kappa shape index (κ1) is 40.7. The van der Waals surface area contributed by atoms with Gasteiger partial charge in [-0.25, -0.2) is 0 Å². The SMILES string of the molecule is N#CN=N/N=N/N=N/N=N/N=N/N=N/N=N/N=N/N=N/N=N/N=N/N=N/N=N/N=N/N=N/N=N/N=N/N=N/N=N/N=N/N=N/N=N/N=N/N=N/N. The fourth-order valence-corrected chi connectivity index (χ4v) is 0.850. The number of rotatable bonds is 23. The lowest BCUT2D eigenvalue weighted by molar-refractivity contribution is 0.725. The van der Waals surface area contributed by atoms with Crippen LogP contribution < -0.4 is 5.84 Å². The van der Waals surface area contributed by atoms with Gasteiger partial charge in [0.1, 0.15) is 0 Å². The molecular weight excluding hydrogens is 712 g/mol. The second-order valence-corrected chi connectivity index (χ2v) is 4.43. The standard InChI is InChI=1S/CH2N50/c2-1-4-6-8-10-12-14-16-18-20-22-24-26-28-30-32-34-36-38-40-42-44-46-48-50-51-49-47-45-43-41-39-37-35-33-31-29-27-25-23-21-19-17-15-13-11-9-7-5-3/h(H2,3,4,7,8,11,12,15,16,19,20,23,24,27,28,31,32,35,36,39,40,43,44,47,48,51). The highest BCUT2D eigenvalue weighted by atomic mass is 15.8. The molecule has 0 aromatic heterocycles. The third-order valence-electron chi connectivity index (χ3n) is 1.94. The van der Waals surface area contributed by atoms with Crippen LogP contribution in [0.2, 0.25) is 0 Å². The average Bonchev–Trinajstić information content (AvgIpc) is 3.14. The molecule has 0 spiro atoms. The predicted octanol–water partition coefficient (Wildman–Crippen LogP) is 8.24. The van der Waals surface area contributed by atoms with Gasteiger partial charge in [0.15, 0.2) is 0 Å². The summed E-state index contributed by atoms with van der Waals surface area (Å²) in [5.74, 6) is 4.62. The molecule has 0 bridgehead atoms. The number of hydrogen-bond donors (Lipinski definition) is 1. The van der Waals surface area contributed by atoms with Gasteiger partial charge in [-0.05, 0) is 83.5 Å². The molecule has 50 heteroatoms. The van der Waals surface area contributed by atoms with Gasteiger partial charge in [0.2, 0.25) is 6.19 Å². The molecule has 0 radical (unpaired) electrons. The highest BCUT2D eigenvalue weighted by molar-refractivity contribution is 4.56. The third kappa shape index (κ3) is 39.7. The first-order valence-electron chi connectivity index (χ1n) is 10.1. The smallest absolute Gasteiger partial charge is 0.227 e. The average molecular weight is 714 g/mol. The molecule has 0 heterocycles. The summed E-state index contributed by atoms with van der Waals surface area (Å²) in [5.41, 5.74) is 0. The maximum Gasteiger partial charge on any atom is 0.227 e. The fraction of sp³-hybridized carbons (Fsp3) is 0. The van der Waals surface area contributed by atoms with Gasteiger partial charge in [-0.15, -0.1) is 0 Å². The van der Waals surface area contributed by atoms with E-state index in [0.717, 1.165) is 0 Å². The molecule has 50 nitrogen and oxygen atoms in total. The maximum absolute atomic E-state index is 8.00. The van der Waals surface area contributed by atoms with Crippen molar-refractivity contribution in [2.75, 3.05) is 0 Å². The van der Waals surface area contributed by atoms with Crippen molar-refractivity contribution in [2.45, 2.75) is 0 Å². The summed E-state index contributed by atoms with van der Waals surface area (Å²) in [7, 11) is 0. The van der Waals surface area contributed by atoms with Crippen molar-refractivity contribution in [1.29, 1.82) is 5.26 Å². The Balaban J connectivity index is 4.06. The molecule has 0 saturated heterocycles. The van der Waals surface area contributed by atoms with Crippen molar-refractivity contribution < 1.29 is 0 Å². The first-order chi connectivity index (χ1) is 25.4. The summed E-state index contributed by atoms with van der Waals surface area (Å²) in [6.45, 7) is 0. The lowest BCUT2D eigenvalue weighted by Crippen LogP contribution is -1.70. The van der Waals surface area contributed by atoms with E-state index in [9.17, 15) is 0 Å². The molecule has 0 unspecified atom stereocenters. The molecule has 0 atom stereocenters. The van der Waals surface area contributed by atoms with Gasteiger partial charge >= 0.3 is 0 Å².